The average Bonchev–Trinajstić information content (AvgIpc) is 2.42. The zero-order valence-electron chi connectivity index (χ0n) is 11.0. The minimum Gasteiger partial charge on any atom is -0.387 e. The molecule has 2 aromatic rings. The van der Waals surface area contributed by atoms with Crippen LogP contribution in [-0.2, 0) is 0 Å². The van der Waals surface area contributed by atoms with E-state index in [9.17, 15) is 9.50 Å². The molecule has 0 amide bonds. The van der Waals surface area contributed by atoms with Gasteiger partial charge in [0.15, 0.2) is 0 Å². The molecule has 0 radical (unpaired) electrons. The summed E-state index contributed by atoms with van der Waals surface area (Å²) in [6.45, 7) is 4.25. The van der Waals surface area contributed by atoms with Crippen LogP contribution >= 0.6 is 0 Å². The molecule has 1 heterocycles. The number of hydrogen-bond donors (Lipinski definition) is 1. The number of aromatic nitrogens is 1. The van der Waals surface area contributed by atoms with Crippen LogP contribution in [0.25, 0.3) is 0 Å². The lowest BCUT2D eigenvalue weighted by Gasteiger charge is -2.23. The summed E-state index contributed by atoms with van der Waals surface area (Å²) in [4.78, 5) is 6.03. The second kappa shape index (κ2) is 5.80. The summed E-state index contributed by atoms with van der Waals surface area (Å²) in [5.74, 6) is -0.260. The predicted octanol–water partition coefficient (Wildman–Crippen LogP) is 3.43. The van der Waals surface area contributed by atoms with Crippen LogP contribution in [0.4, 0.5) is 15.8 Å². The van der Waals surface area contributed by atoms with Gasteiger partial charge in [-0.1, -0.05) is 12.1 Å². The summed E-state index contributed by atoms with van der Waals surface area (Å²) in [6, 6.07) is 10.2. The number of aliphatic hydroxyl groups is 1. The fourth-order valence-electron chi connectivity index (χ4n) is 1.97. The maximum absolute atomic E-state index is 13.8. The molecule has 0 aliphatic heterocycles. The summed E-state index contributed by atoms with van der Waals surface area (Å²) in [5, 5.41) is 9.44. The molecular formula is C15H17FN2O. The van der Waals surface area contributed by atoms with Gasteiger partial charge in [0, 0.05) is 6.54 Å². The third kappa shape index (κ3) is 2.90. The van der Waals surface area contributed by atoms with E-state index in [0.29, 0.717) is 17.9 Å². The molecule has 0 bridgehead atoms. The maximum atomic E-state index is 13.8. The Morgan fingerprint density at radius 1 is 1.26 bits per heavy atom. The highest BCUT2D eigenvalue weighted by molar-refractivity contribution is 5.62. The molecule has 3 nitrogen and oxygen atoms in total. The van der Waals surface area contributed by atoms with Crippen LogP contribution in [0.15, 0.2) is 42.6 Å². The summed E-state index contributed by atoms with van der Waals surface area (Å²) in [5.41, 5.74) is 1.93. The Bertz CT molecular complexity index is 540. The van der Waals surface area contributed by atoms with Crippen molar-refractivity contribution in [3.63, 3.8) is 0 Å². The lowest BCUT2D eigenvalue weighted by molar-refractivity contribution is 0.194. The van der Waals surface area contributed by atoms with E-state index < -0.39 is 6.10 Å². The number of anilines is 2. The molecule has 0 unspecified atom stereocenters. The van der Waals surface area contributed by atoms with E-state index in [0.717, 1.165) is 5.69 Å². The molecule has 0 spiro atoms. The van der Waals surface area contributed by atoms with Crippen molar-refractivity contribution in [3.8, 4) is 0 Å². The van der Waals surface area contributed by atoms with Gasteiger partial charge in [0.25, 0.3) is 0 Å². The first-order valence-electron chi connectivity index (χ1n) is 6.29. The van der Waals surface area contributed by atoms with Gasteiger partial charge in [-0.2, -0.15) is 0 Å². The summed E-state index contributed by atoms with van der Waals surface area (Å²) in [7, 11) is 0. The van der Waals surface area contributed by atoms with E-state index in [1.165, 1.54) is 6.07 Å². The molecule has 19 heavy (non-hydrogen) atoms. The van der Waals surface area contributed by atoms with Crippen LogP contribution < -0.4 is 4.90 Å². The second-order valence-corrected chi connectivity index (χ2v) is 4.31. The number of benzene rings is 1. The number of pyridine rings is 1. The van der Waals surface area contributed by atoms with Crippen LogP contribution in [0.1, 0.15) is 25.6 Å². The molecule has 100 valence electrons. The monoisotopic (exact) mass is 260 g/mol. The number of halogens is 1. The van der Waals surface area contributed by atoms with Gasteiger partial charge in [-0.3, -0.25) is 4.98 Å². The first-order valence-corrected chi connectivity index (χ1v) is 6.29. The lowest BCUT2D eigenvalue weighted by atomic mass is 10.2. The van der Waals surface area contributed by atoms with Crippen molar-refractivity contribution in [2.75, 3.05) is 11.4 Å². The number of aliphatic hydroxyl groups excluding tert-OH is 1. The van der Waals surface area contributed by atoms with Crippen molar-refractivity contribution in [1.82, 2.24) is 4.98 Å². The van der Waals surface area contributed by atoms with Crippen molar-refractivity contribution in [2.24, 2.45) is 0 Å². The quantitative estimate of drug-likeness (QED) is 0.915. The zero-order chi connectivity index (χ0) is 13.8. The van der Waals surface area contributed by atoms with E-state index in [1.54, 1.807) is 37.4 Å². The van der Waals surface area contributed by atoms with Crippen molar-refractivity contribution in [1.29, 1.82) is 0 Å². The first kappa shape index (κ1) is 13.5. The third-order valence-electron chi connectivity index (χ3n) is 2.97. The Morgan fingerprint density at radius 3 is 2.53 bits per heavy atom. The minimum absolute atomic E-state index is 0.260. The molecule has 1 N–H and O–H groups in total. The van der Waals surface area contributed by atoms with Gasteiger partial charge in [-0.05, 0) is 38.1 Å². The fraction of sp³-hybridized carbons (Fsp3) is 0.267. The normalized spacial score (nSPS) is 12.2. The summed E-state index contributed by atoms with van der Waals surface area (Å²) >= 11 is 0. The molecule has 4 heteroatoms. The largest absolute Gasteiger partial charge is 0.387 e. The Hall–Kier alpha value is -1.94. The van der Waals surface area contributed by atoms with Crippen molar-refractivity contribution in [3.05, 3.63) is 54.1 Å². The Balaban J connectivity index is 2.35. The SMILES string of the molecule is CCN(c1ccc([C@@H](C)O)nc1)c1ccccc1F. The van der Waals surface area contributed by atoms with Crippen LogP contribution in [0.5, 0.6) is 0 Å². The van der Waals surface area contributed by atoms with Gasteiger partial charge in [0.1, 0.15) is 5.82 Å². The van der Waals surface area contributed by atoms with Gasteiger partial charge >= 0.3 is 0 Å². The Labute approximate surface area is 112 Å². The Kier molecular flexibility index (Phi) is 4.12. The molecule has 1 aromatic carbocycles. The van der Waals surface area contributed by atoms with Crippen molar-refractivity contribution < 1.29 is 9.50 Å². The Morgan fingerprint density at radius 2 is 2.00 bits per heavy atom. The maximum Gasteiger partial charge on any atom is 0.146 e. The fourth-order valence-corrected chi connectivity index (χ4v) is 1.97. The number of rotatable bonds is 4. The molecular weight excluding hydrogens is 243 g/mol. The topological polar surface area (TPSA) is 36.4 Å². The first-order chi connectivity index (χ1) is 9.13. The van der Waals surface area contributed by atoms with Gasteiger partial charge in [0.05, 0.1) is 29.4 Å². The molecule has 0 aliphatic rings. The van der Waals surface area contributed by atoms with E-state index in [2.05, 4.69) is 4.98 Å². The van der Waals surface area contributed by atoms with Gasteiger partial charge in [0.2, 0.25) is 0 Å². The van der Waals surface area contributed by atoms with E-state index in [-0.39, 0.29) is 5.82 Å². The highest BCUT2D eigenvalue weighted by Crippen LogP contribution is 2.27. The van der Waals surface area contributed by atoms with Gasteiger partial charge < -0.3 is 10.0 Å². The molecule has 1 aromatic heterocycles. The summed E-state index contributed by atoms with van der Waals surface area (Å²) < 4.78 is 13.8. The number of nitrogens with zero attached hydrogens (tertiary/aromatic N) is 2. The molecule has 2 rings (SSSR count). The standard InChI is InChI=1S/C15H17FN2O/c1-3-18(15-7-5-4-6-13(15)16)12-8-9-14(11(2)19)17-10-12/h4-11,19H,3H2,1-2H3/t11-/m1/s1. The van der Waals surface area contributed by atoms with Crippen molar-refractivity contribution in [2.45, 2.75) is 20.0 Å². The van der Waals surface area contributed by atoms with Crippen LogP contribution in [0, 0.1) is 5.82 Å². The van der Waals surface area contributed by atoms with Crippen LogP contribution in [0.2, 0.25) is 0 Å². The molecule has 1 atom stereocenters. The molecule has 0 saturated heterocycles. The van der Waals surface area contributed by atoms with Crippen molar-refractivity contribution >= 4 is 11.4 Å². The zero-order valence-corrected chi connectivity index (χ0v) is 11.0. The van der Waals surface area contributed by atoms with E-state index in [4.69, 9.17) is 0 Å². The molecule has 0 saturated carbocycles. The average molecular weight is 260 g/mol. The lowest BCUT2D eigenvalue weighted by Crippen LogP contribution is -2.17. The minimum atomic E-state index is -0.599. The summed E-state index contributed by atoms with van der Waals surface area (Å²) in [6.07, 6.45) is 1.05. The predicted molar refractivity (Wildman–Crippen MR) is 74.0 cm³/mol. The van der Waals surface area contributed by atoms with Crippen LogP contribution in [0.3, 0.4) is 0 Å². The second-order valence-electron chi connectivity index (χ2n) is 4.31. The number of hydrogen-bond acceptors (Lipinski definition) is 3. The van der Waals surface area contributed by atoms with Crippen LogP contribution in [-0.4, -0.2) is 16.6 Å². The third-order valence-corrected chi connectivity index (χ3v) is 2.97. The van der Waals surface area contributed by atoms with E-state index in [1.807, 2.05) is 17.9 Å². The highest BCUT2D eigenvalue weighted by Gasteiger charge is 2.12. The number of para-hydroxylation sites is 1. The van der Waals surface area contributed by atoms with E-state index >= 15 is 0 Å². The van der Waals surface area contributed by atoms with Gasteiger partial charge in [-0.25, -0.2) is 4.39 Å². The molecule has 0 aliphatic carbocycles. The highest BCUT2D eigenvalue weighted by atomic mass is 19.1. The van der Waals surface area contributed by atoms with Gasteiger partial charge in [-0.15, -0.1) is 0 Å². The smallest absolute Gasteiger partial charge is 0.146 e. The molecule has 0 fully saturated rings.